The van der Waals surface area contributed by atoms with E-state index in [2.05, 4.69) is 47.5 Å². The number of oxazole rings is 1. The van der Waals surface area contributed by atoms with Gasteiger partial charge in [-0.3, -0.25) is 4.98 Å². The Morgan fingerprint density at radius 2 is 2.04 bits per heavy atom. The molecule has 0 saturated carbocycles. The lowest BCUT2D eigenvalue weighted by Gasteiger charge is -2.04. The summed E-state index contributed by atoms with van der Waals surface area (Å²) in [6.07, 6.45) is 6.48. The second-order valence-electron chi connectivity index (χ2n) is 4.87. The standard InChI is InChI=1S/C16H10IN5O2/c17-10-1-2-11(19-6-10)8-23-12-5-14-15(20-7-12)24-16(22-14)13-3-4-18-9-21-13/h1-7,9H,8H2. The molecule has 118 valence electrons. The number of fused-ring (bicyclic) bond motifs is 1. The van der Waals surface area contributed by atoms with Gasteiger partial charge in [0, 0.05) is 22.0 Å². The molecule has 4 heterocycles. The molecule has 4 aromatic heterocycles. The highest BCUT2D eigenvalue weighted by molar-refractivity contribution is 14.1. The normalized spacial score (nSPS) is 10.9. The van der Waals surface area contributed by atoms with Crippen molar-refractivity contribution >= 4 is 33.8 Å². The van der Waals surface area contributed by atoms with Crippen molar-refractivity contribution in [1.82, 2.24) is 24.9 Å². The van der Waals surface area contributed by atoms with Gasteiger partial charge < -0.3 is 9.15 Å². The molecular formula is C16H10IN5O2. The molecule has 0 amide bonds. The SMILES string of the molecule is Ic1ccc(COc2cnc3oc(-c4ccncn4)nc3c2)nc1. The quantitative estimate of drug-likeness (QED) is 0.459. The number of pyridine rings is 2. The van der Waals surface area contributed by atoms with E-state index in [-0.39, 0.29) is 0 Å². The fourth-order valence-electron chi connectivity index (χ4n) is 2.06. The molecular weight excluding hydrogens is 421 g/mol. The van der Waals surface area contributed by atoms with E-state index in [1.165, 1.54) is 6.33 Å². The van der Waals surface area contributed by atoms with E-state index in [4.69, 9.17) is 9.15 Å². The van der Waals surface area contributed by atoms with E-state index in [0.717, 1.165) is 9.26 Å². The molecule has 0 aromatic carbocycles. The zero-order valence-electron chi connectivity index (χ0n) is 12.3. The van der Waals surface area contributed by atoms with Crippen LogP contribution in [-0.4, -0.2) is 24.9 Å². The maximum Gasteiger partial charge on any atom is 0.248 e. The number of hydrogen-bond acceptors (Lipinski definition) is 7. The summed E-state index contributed by atoms with van der Waals surface area (Å²) in [7, 11) is 0. The van der Waals surface area contributed by atoms with Crippen LogP contribution in [0.2, 0.25) is 0 Å². The summed E-state index contributed by atoms with van der Waals surface area (Å²) in [6.45, 7) is 0.362. The Balaban J connectivity index is 1.55. The van der Waals surface area contributed by atoms with Crippen LogP contribution in [0, 0.1) is 3.57 Å². The maximum absolute atomic E-state index is 5.72. The third kappa shape index (κ3) is 3.18. The van der Waals surface area contributed by atoms with Crippen LogP contribution in [0.5, 0.6) is 5.75 Å². The number of rotatable bonds is 4. The molecule has 7 nitrogen and oxygen atoms in total. The Labute approximate surface area is 150 Å². The van der Waals surface area contributed by atoms with Gasteiger partial charge in [-0.1, -0.05) is 0 Å². The minimum Gasteiger partial charge on any atom is -0.486 e. The summed E-state index contributed by atoms with van der Waals surface area (Å²) in [5.74, 6) is 1.00. The summed E-state index contributed by atoms with van der Waals surface area (Å²) in [5.41, 5.74) is 2.49. The van der Waals surface area contributed by atoms with Crippen LogP contribution in [0.1, 0.15) is 5.69 Å². The predicted octanol–water partition coefficient (Wildman–Crippen LogP) is 3.26. The topological polar surface area (TPSA) is 86.8 Å². The lowest BCUT2D eigenvalue weighted by Crippen LogP contribution is -1.98. The molecule has 0 N–H and O–H groups in total. The van der Waals surface area contributed by atoms with Gasteiger partial charge in [-0.25, -0.2) is 19.9 Å². The molecule has 0 radical (unpaired) electrons. The highest BCUT2D eigenvalue weighted by Crippen LogP contribution is 2.24. The van der Waals surface area contributed by atoms with Crippen molar-refractivity contribution in [3.63, 3.8) is 0 Å². The minimum atomic E-state index is 0.362. The first-order valence-corrected chi connectivity index (χ1v) is 8.12. The van der Waals surface area contributed by atoms with Gasteiger partial charge in [-0.05, 0) is 40.8 Å². The Morgan fingerprint density at radius 3 is 2.83 bits per heavy atom. The second kappa shape index (κ2) is 6.48. The average Bonchev–Trinajstić information content (AvgIpc) is 3.05. The Morgan fingerprint density at radius 1 is 1.08 bits per heavy atom. The first-order valence-electron chi connectivity index (χ1n) is 7.04. The Kier molecular flexibility index (Phi) is 4.03. The number of halogens is 1. The van der Waals surface area contributed by atoms with Crippen molar-refractivity contribution < 1.29 is 9.15 Å². The van der Waals surface area contributed by atoms with Gasteiger partial charge >= 0.3 is 0 Å². The minimum absolute atomic E-state index is 0.362. The summed E-state index contributed by atoms with van der Waals surface area (Å²) >= 11 is 2.21. The molecule has 4 aromatic rings. The number of ether oxygens (including phenoxy) is 1. The van der Waals surface area contributed by atoms with Gasteiger partial charge in [0.25, 0.3) is 0 Å². The van der Waals surface area contributed by atoms with Crippen LogP contribution >= 0.6 is 22.6 Å². The smallest absolute Gasteiger partial charge is 0.248 e. The van der Waals surface area contributed by atoms with Crippen LogP contribution in [0.15, 0.2) is 53.6 Å². The van der Waals surface area contributed by atoms with E-state index >= 15 is 0 Å². The third-order valence-electron chi connectivity index (χ3n) is 3.20. The van der Waals surface area contributed by atoms with Crippen molar-refractivity contribution in [3.05, 3.63) is 58.4 Å². The van der Waals surface area contributed by atoms with Crippen molar-refractivity contribution in [2.75, 3.05) is 0 Å². The molecule has 0 saturated heterocycles. The average molecular weight is 431 g/mol. The van der Waals surface area contributed by atoms with Crippen LogP contribution in [0.3, 0.4) is 0 Å². The van der Waals surface area contributed by atoms with Crippen molar-refractivity contribution in [3.8, 4) is 17.3 Å². The Bertz CT molecular complexity index is 973. The molecule has 0 atom stereocenters. The zero-order chi connectivity index (χ0) is 16.4. The Hall–Kier alpha value is -2.62. The molecule has 4 rings (SSSR count). The summed E-state index contributed by atoms with van der Waals surface area (Å²) in [6, 6.07) is 7.42. The fourth-order valence-corrected chi connectivity index (χ4v) is 2.38. The second-order valence-corrected chi connectivity index (χ2v) is 6.11. The lowest BCUT2D eigenvalue weighted by atomic mass is 10.3. The van der Waals surface area contributed by atoms with E-state index in [0.29, 0.717) is 35.2 Å². The summed E-state index contributed by atoms with van der Waals surface area (Å²) in [5, 5.41) is 0. The van der Waals surface area contributed by atoms with E-state index in [1.54, 1.807) is 30.7 Å². The van der Waals surface area contributed by atoms with Gasteiger partial charge in [0.15, 0.2) is 0 Å². The molecule has 0 aliphatic carbocycles. The highest BCUT2D eigenvalue weighted by Gasteiger charge is 2.11. The predicted molar refractivity (Wildman–Crippen MR) is 94.1 cm³/mol. The molecule has 0 unspecified atom stereocenters. The highest BCUT2D eigenvalue weighted by atomic mass is 127. The maximum atomic E-state index is 5.72. The fraction of sp³-hybridized carbons (Fsp3) is 0.0625. The number of hydrogen-bond donors (Lipinski definition) is 0. The van der Waals surface area contributed by atoms with Crippen LogP contribution in [0.4, 0.5) is 0 Å². The largest absolute Gasteiger partial charge is 0.486 e. The van der Waals surface area contributed by atoms with Crippen molar-refractivity contribution in [2.24, 2.45) is 0 Å². The van der Waals surface area contributed by atoms with Crippen LogP contribution in [0.25, 0.3) is 22.8 Å². The van der Waals surface area contributed by atoms with Crippen LogP contribution < -0.4 is 4.74 Å². The van der Waals surface area contributed by atoms with E-state index in [1.807, 2.05) is 12.1 Å². The lowest BCUT2D eigenvalue weighted by molar-refractivity contribution is 0.300. The molecule has 0 bridgehead atoms. The summed E-state index contributed by atoms with van der Waals surface area (Å²) in [4.78, 5) is 20.9. The van der Waals surface area contributed by atoms with Crippen molar-refractivity contribution in [1.29, 1.82) is 0 Å². The van der Waals surface area contributed by atoms with Crippen LogP contribution in [-0.2, 0) is 6.61 Å². The van der Waals surface area contributed by atoms with Gasteiger partial charge in [-0.15, -0.1) is 0 Å². The first-order chi connectivity index (χ1) is 11.8. The molecule has 0 fully saturated rings. The van der Waals surface area contributed by atoms with Gasteiger partial charge in [0.2, 0.25) is 11.6 Å². The van der Waals surface area contributed by atoms with Gasteiger partial charge in [0.05, 0.1) is 11.9 Å². The monoisotopic (exact) mass is 431 g/mol. The molecule has 0 aliphatic heterocycles. The molecule has 8 heteroatoms. The number of aromatic nitrogens is 5. The summed E-state index contributed by atoms with van der Waals surface area (Å²) < 4.78 is 12.4. The first kappa shape index (κ1) is 14.9. The molecule has 0 spiro atoms. The van der Waals surface area contributed by atoms with E-state index in [9.17, 15) is 0 Å². The van der Waals surface area contributed by atoms with Gasteiger partial charge in [-0.2, -0.15) is 0 Å². The van der Waals surface area contributed by atoms with E-state index < -0.39 is 0 Å². The van der Waals surface area contributed by atoms with Gasteiger partial charge in [0.1, 0.15) is 29.9 Å². The number of nitrogens with zero attached hydrogens (tertiary/aromatic N) is 5. The third-order valence-corrected chi connectivity index (χ3v) is 3.84. The molecule has 0 aliphatic rings. The molecule has 24 heavy (non-hydrogen) atoms. The zero-order valence-corrected chi connectivity index (χ0v) is 14.4. The van der Waals surface area contributed by atoms with Crippen molar-refractivity contribution in [2.45, 2.75) is 6.61 Å².